The Morgan fingerprint density at radius 2 is 1.89 bits per heavy atom. The zero-order valence-electron chi connectivity index (χ0n) is 12.1. The number of thioether (sulfide) groups is 1. The van der Waals surface area contributed by atoms with Crippen LogP contribution in [-0.4, -0.2) is 32.6 Å². The van der Waals surface area contributed by atoms with Gasteiger partial charge in [-0.25, -0.2) is 0 Å². The third-order valence-electron chi connectivity index (χ3n) is 3.09. The van der Waals surface area contributed by atoms with E-state index in [1.54, 1.807) is 14.2 Å². The number of benzene rings is 1. The van der Waals surface area contributed by atoms with Gasteiger partial charge >= 0.3 is 0 Å². The molecule has 2 N–H and O–H groups in total. The van der Waals surface area contributed by atoms with Crippen molar-refractivity contribution in [3.05, 3.63) is 29.8 Å². The van der Waals surface area contributed by atoms with E-state index in [0.29, 0.717) is 5.25 Å². The lowest BCUT2D eigenvalue weighted by Crippen LogP contribution is -2.26. The minimum Gasteiger partial charge on any atom is -0.497 e. The number of nitrogens with two attached hydrogens (primary N) is 1. The van der Waals surface area contributed by atoms with Crippen LogP contribution >= 0.6 is 11.8 Å². The monoisotopic (exact) mass is 283 g/mol. The van der Waals surface area contributed by atoms with Crippen LogP contribution < -0.4 is 10.5 Å². The molecule has 0 aliphatic carbocycles. The molecule has 0 saturated heterocycles. The van der Waals surface area contributed by atoms with Gasteiger partial charge in [0.25, 0.3) is 0 Å². The maximum Gasteiger partial charge on any atom is 0.118 e. The fourth-order valence-electron chi connectivity index (χ4n) is 1.89. The van der Waals surface area contributed by atoms with E-state index < -0.39 is 0 Å². The summed E-state index contributed by atoms with van der Waals surface area (Å²) in [7, 11) is 3.42. The van der Waals surface area contributed by atoms with Crippen molar-refractivity contribution >= 4 is 11.8 Å². The zero-order valence-corrected chi connectivity index (χ0v) is 12.9. The minimum absolute atomic E-state index is 0.181. The quantitative estimate of drug-likeness (QED) is 0.707. The molecule has 2 unspecified atom stereocenters. The summed E-state index contributed by atoms with van der Waals surface area (Å²) in [4.78, 5) is 0. The number of hydrogen-bond acceptors (Lipinski definition) is 4. The van der Waals surface area contributed by atoms with Gasteiger partial charge in [0.15, 0.2) is 0 Å². The summed E-state index contributed by atoms with van der Waals surface area (Å²) in [5.74, 6) is 1.95. The largest absolute Gasteiger partial charge is 0.497 e. The maximum atomic E-state index is 6.25. The lowest BCUT2D eigenvalue weighted by Gasteiger charge is -2.23. The maximum absolute atomic E-state index is 6.25. The van der Waals surface area contributed by atoms with Crippen molar-refractivity contribution in [2.24, 2.45) is 5.73 Å². The zero-order chi connectivity index (χ0) is 14.1. The molecule has 0 aliphatic heterocycles. The molecule has 0 fully saturated rings. The molecule has 0 heterocycles. The number of ether oxygens (including phenoxy) is 2. The molecule has 19 heavy (non-hydrogen) atoms. The van der Waals surface area contributed by atoms with E-state index in [9.17, 15) is 0 Å². The fourth-order valence-corrected chi connectivity index (χ4v) is 3.22. The lowest BCUT2D eigenvalue weighted by atomic mass is 10.0. The highest BCUT2D eigenvalue weighted by atomic mass is 32.2. The molecule has 0 aliphatic rings. The summed E-state index contributed by atoms with van der Waals surface area (Å²) in [6.07, 6.45) is 2.04. The fraction of sp³-hybridized carbons (Fsp3) is 0.600. The Labute approximate surface area is 120 Å². The van der Waals surface area contributed by atoms with Crippen LogP contribution in [0.4, 0.5) is 0 Å². The lowest BCUT2D eigenvalue weighted by molar-refractivity contribution is 0.200. The molecule has 0 saturated carbocycles. The molecule has 0 amide bonds. The molecular weight excluding hydrogens is 258 g/mol. The molecule has 0 radical (unpaired) electrons. The molecule has 1 aromatic rings. The smallest absolute Gasteiger partial charge is 0.118 e. The van der Waals surface area contributed by atoms with Crippen LogP contribution in [-0.2, 0) is 4.74 Å². The third kappa shape index (κ3) is 5.43. The predicted octanol–water partition coefficient (Wildman–Crippen LogP) is 3.24. The van der Waals surface area contributed by atoms with Crippen molar-refractivity contribution in [3.63, 3.8) is 0 Å². The summed E-state index contributed by atoms with van der Waals surface area (Å²) in [6, 6.07) is 8.41. The number of rotatable bonds is 9. The summed E-state index contributed by atoms with van der Waals surface area (Å²) in [5.41, 5.74) is 7.53. The highest BCUT2D eigenvalue weighted by Crippen LogP contribution is 2.33. The van der Waals surface area contributed by atoms with Gasteiger partial charge in [0.1, 0.15) is 5.75 Å². The minimum atomic E-state index is 0.181. The normalized spacial score (nSPS) is 14.1. The Hall–Kier alpha value is -0.710. The summed E-state index contributed by atoms with van der Waals surface area (Å²) >= 11 is 1.91. The molecule has 1 aromatic carbocycles. The Kier molecular flexibility index (Phi) is 7.94. The van der Waals surface area contributed by atoms with Crippen LogP contribution in [0.2, 0.25) is 0 Å². The van der Waals surface area contributed by atoms with E-state index in [0.717, 1.165) is 31.0 Å². The van der Waals surface area contributed by atoms with Gasteiger partial charge in [-0.1, -0.05) is 19.1 Å². The third-order valence-corrected chi connectivity index (χ3v) is 4.60. The Balaban J connectivity index is 2.66. The highest BCUT2D eigenvalue weighted by Gasteiger charge is 2.18. The predicted molar refractivity (Wildman–Crippen MR) is 83.0 cm³/mol. The topological polar surface area (TPSA) is 44.5 Å². The molecule has 4 heteroatoms. The SMILES string of the molecule is CCC(N)C(SCCCOC)c1ccc(OC)cc1. The standard InChI is InChI=1S/C15H25NO2S/c1-4-14(16)15(19-11-5-10-17-2)12-6-8-13(18-3)9-7-12/h6-9,14-15H,4-5,10-11,16H2,1-3H3. The van der Waals surface area contributed by atoms with Gasteiger partial charge < -0.3 is 15.2 Å². The van der Waals surface area contributed by atoms with Gasteiger partial charge in [-0.05, 0) is 36.3 Å². The van der Waals surface area contributed by atoms with E-state index in [1.165, 1.54) is 5.56 Å². The molecule has 3 nitrogen and oxygen atoms in total. The summed E-state index contributed by atoms with van der Waals surface area (Å²) in [5, 5.41) is 0.341. The second-order valence-electron chi connectivity index (χ2n) is 4.48. The van der Waals surface area contributed by atoms with Crippen LogP contribution in [0.1, 0.15) is 30.6 Å². The van der Waals surface area contributed by atoms with Crippen LogP contribution in [0.5, 0.6) is 5.75 Å². The summed E-state index contributed by atoms with van der Waals surface area (Å²) in [6.45, 7) is 2.95. The number of methoxy groups -OCH3 is 2. The molecule has 0 aromatic heterocycles. The average Bonchev–Trinajstić information content (AvgIpc) is 2.47. The molecule has 108 valence electrons. The van der Waals surface area contributed by atoms with Gasteiger partial charge in [0, 0.05) is 25.0 Å². The van der Waals surface area contributed by atoms with Crippen molar-refractivity contribution in [2.75, 3.05) is 26.6 Å². The van der Waals surface area contributed by atoms with Gasteiger partial charge in [-0.15, -0.1) is 0 Å². The van der Waals surface area contributed by atoms with Gasteiger partial charge in [-0.2, -0.15) is 11.8 Å². The van der Waals surface area contributed by atoms with E-state index in [1.807, 2.05) is 23.9 Å². The molecule has 0 bridgehead atoms. The van der Waals surface area contributed by atoms with E-state index in [2.05, 4.69) is 19.1 Å². The molecular formula is C15H25NO2S. The van der Waals surface area contributed by atoms with Gasteiger partial charge in [0.05, 0.1) is 7.11 Å². The first-order chi connectivity index (χ1) is 9.22. The average molecular weight is 283 g/mol. The van der Waals surface area contributed by atoms with Crippen LogP contribution in [0, 0.1) is 0 Å². The number of hydrogen-bond donors (Lipinski definition) is 1. The Bertz CT molecular complexity index is 343. The van der Waals surface area contributed by atoms with Crippen LogP contribution in [0.3, 0.4) is 0 Å². The van der Waals surface area contributed by atoms with E-state index in [4.69, 9.17) is 15.2 Å². The first kappa shape index (κ1) is 16.3. The molecule has 1 rings (SSSR count). The Morgan fingerprint density at radius 1 is 1.21 bits per heavy atom. The first-order valence-corrected chi connectivity index (χ1v) is 7.77. The van der Waals surface area contributed by atoms with Crippen molar-refractivity contribution in [2.45, 2.75) is 31.1 Å². The second-order valence-corrected chi connectivity index (χ2v) is 5.73. The van der Waals surface area contributed by atoms with E-state index >= 15 is 0 Å². The molecule has 0 spiro atoms. The van der Waals surface area contributed by atoms with Crippen molar-refractivity contribution in [3.8, 4) is 5.75 Å². The van der Waals surface area contributed by atoms with Crippen LogP contribution in [0.15, 0.2) is 24.3 Å². The van der Waals surface area contributed by atoms with Crippen molar-refractivity contribution in [1.82, 2.24) is 0 Å². The second kappa shape index (κ2) is 9.23. The summed E-state index contributed by atoms with van der Waals surface area (Å²) < 4.78 is 10.3. The Morgan fingerprint density at radius 3 is 2.42 bits per heavy atom. The molecule has 2 atom stereocenters. The van der Waals surface area contributed by atoms with Crippen LogP contribution in [0.25, 0.3) is 0 Å². The van der Waals surface area contributed by atoms with Gasteiger partial charge in [-0.3, -0.25) is 0 Å². The van der Waals surface area contributed by atoms with Crippen molar-refractivity contribution in [1.29, 1.82) is 0 Å². The first-order valence-electron chi connectivity index (χ1n) is 6.73. The van der Waals surface area contributed by atoms with Crippen molar-refractivity contribution < 1.29 is 9.47 Å². The van der Waals surface area contributed by atoms with Gasteiger partial charge in [0.2, 0.25) is 0 Å². The highest BCUT2D eigenvalue weighted by molar-refractivity contribution is 7.99. The van der Waals surface area contributed by atoms with E-state index in [-0.39, 0.29) is 6.04 Å².